The molecule has 0 saturated carbocycles. The predicted molar refractivity (Wildman–Crippen MR) is 112 cm³/mol. The van der Waals surface area contributed by atoms with Crippen molar-refractivity contribution in [2.45, 2.75) is 13.3 Å². The Morgan fingerprint density at radius 2 is 1.60 bits per heavy atom. The minimum Gasteiger partial charge on any atom is -0.481 e. The molecule has 1 atom stereocenters. The summed E-state index contributed by atoms with van der Waals surface area (Å²) >= 11 is 0. The van der Waals surface area contributed by atoms with Crippen molar-refractivity contribution in [2.75, 3.05) is 0 Å². The number of fused-ring (bicyclic) bond motifs is 1. The van der Waals surface area contributed by atoms with Crippen molar-refractivity contribution in [2.24, 2.45) is 5.92 Å². The van der Waals surface area contributed by atoms with E-state index in [1.807, 2.05) is 37.3 Å². The molecule has 3 aromatic rings. The van der Waals surface area contributed by atoms with Gasteiger partial charge >= 0.3 is 17.9 Å². The highest BCUT2D eigenvalue weighted by Gasteiger charge is 2.31. The second-order valence-corrected chi connectivity index (χ2v) is 6.86. The maximum atomic E-state index is 12.3. The molecule has 0 aliphatic heterocycles. The van der Waals surface area contributed by atoms with Crippen molar-refractivity contribution in [1.29, 1.82) is 0 Å². The lowest BCUT2D eigenvalue weighted by atomic mass is 9.92. The highest BCUT2D eigenvalue weighted by Crippen LogP contribution is 2.25. The van der Waals surface area contributed by atoms with Crippen molar-refractivity contribution >= 4 is 34.8 Å². The molecule has 0 aliphatic carbocycles. The molecule has 6 nitrogen and oxygen atoms in total. The van der Waals surface area contributed by atoms with Crippen molar-refractivity contribution < 1.29 is 29.3 Å². The summed E-state index contributed by atoms with van der Waals surface area (Å²) in [5.74, 6) is -4.93. The Bertz CT molecular complexity index is 1120. The van der Waals surface area contributed by atoms with Crippen LogP contribution in [0.4, 0.5) is 0 Å². The molecule has 0 saturated heterocycles. The fourth-order valence-electron chi connectivity index (χ4n) is 3.13. The molecule has 30 heavy (non-hydrogen) atoms. The molecule has 152 valence electrons. The summed E-state index contributed by atoms with van der Waals surface area (Å²) in [5.41, 5.74) is 1.15. The molecular formula is C24H20O6. The molecule has 3 aromatic carbocycles. The Hall–Kier alpha value is -3.93. The van der Waals surface area contributed by atoms with Crippen LogP contribution in [0, 0.1) is 12.8 Å². The second kappa shape index (κ2) is 9.05. The minimum absolute atomic E-state index is 0.268. The number of carbonyl (C=O) groups is 3. The summed E-state index contributed by atoms with van der Waals surface area (Å²) in [6.45, 7) is 1.88. The Labute approximate surface area is 173 Å². The first-order valence-corrected chi connectivity index (χ1v) is 9.28. The van der Waals surface area contributed by atoms with E-state index in [0.717, 1.165) is 16.3 Å². The third kappa shape index (κ3) is 4.91. The van der Waals surface area contributed by atoms with Crippen molar-refractivity contribution in [3.05, 3.63) is 83.4 Å². The van der Waals surface area contributed by atoms with Gasteiger partial charge in [0.05, 0.1) is 17.9 Å². The fraction of sp³-hybridized carbons (Fsp3) is 0.125. The quantitative estimate of drug-likeness (QED) is 0.346. The number of aliphatic carboxylic acids is 2. The summed E-state index contributed by atoms with van der Waals surface area (Å²) in [6, 6.07) is 19.4. The van der Waals surface area contributed by atoms with Crippen molar-refractivity contribution in [3.63, 3.8) is 0 Å². The average molecular weight is 404 g/mol. The Kier molecular flexibility index (Phi) is 6.27. The van der Waals surface area contributed by atoms with E-state index in [-0.39, 0.29) is 11.3 Å². The molecule has 0 bridgehead atoms. The highest BCUT2D eigenvalue weighted by atomic mass is 16.5. The van der Waals surface area contributed by atoms with Gasteiger partial charge in [0.15, 0.2) is 0 Å². The van der Waals surface area contributed by atoms with Crippen LogP contribution < -0.4 is 4.74 Å². The number of esters is 1. The van der Waals surface area contributed by atoms with Crippen LogP contribution in [0.5, 0.6) is 5.75 Å². The molecule has 6 heteroatoms. The molecular weight excluding hydrogens is 384 g/mol. The van der Waals surface area contributed by atoms with E-state index in [2.05, 4.69) is 0 Å². The minimum atomic E-state index is -1.56. The standard InChI is InChI=1S/C24H20O6/c1-15-9-11-18(12-10-15)30-22(25)14-21(24(28)29)20(23(26)27)13-17-7-4-6-16-5-2-3-8-19(16)17/h2-13,21H,14H2,1H3,(H,26,27)(H,28,29). The molecule has 0 aromatic heterocycles. The Morgan fingerprint density at radius 1 is 0.933 bits per heavy atom. The third-order valence-corrected chi connectivity index (χ3v) is 4.68. The molecule has 1 unspecified atom stereocenters. The zero-order valence-corrected chi connectivity index (χ0v) is 16.2. The number of carbonyl (C=O) groups excluding carboxylic acids is 1. The summed E-state index contributed by atoms with van der Waals surface area (Å²) in [7, 11) is 0. The lowest BCUT2D eigenvalue weighted by Gasteiger charge is -2.14. The van der Waals surface area contributed by atoms with Crippen LogP contribution in [0.3, 0.4) is 0 Å². The Morgan fingerprint density at radius 3 is 2.27 bits per heavy atom. The third-order valence-electron chi connectivity index (χ3n) is 4.68. The SMILES string of the molecule is Cc1ccc(OC(=O)CC(C(=O)O)C(=Cc2cccc3ccccc23)C(=O)O)cc1. The first-order valence-electron chi connectivity index (χ1n) is 9.28. The summed E-state index contributed by atoms with van der Waals surface area (Å²) in [6.07, 6.45) is 0.703. The highest BCUT2D eigenvalue weighted by molar-refractivity contribution is 6.02. The molecule has 0 radical (unpaired) electrons. The van der Waals surface area contributed by atoms with E-state index in [9.17, 15) is 24.6 Å². The van der Waals surface area contributed by atoms with E-state index >= 15 is 0 Å². The predicted octanol–water partition coefficient (Wildman–Crippen LogP) is 4.31. The van der Waals surface area contributed by atoms with Crippen LogP contribution in [0.25, 0.3) is 16.8 Å². The number of benzene rings is 3. The van der Waals surface area contributed by atoms with Crippen LogP contribution in [0.15, 0.2) is 72.3 Å². The van der Waals surface area contributed by atoms with Gasteiger partial charge in [-0.05, 0) is 41.5 Å². The lowest BCUT2D eigenvalue weighted by molar-refractivity contribution is -0.147. The van der Waals surface area contributed by atoms with Gasteiger partial charge in [0, 0.05) is 0 Å². The van der Waals surface area contributed by atoms with Crippen LogP contribution in [-0.4, -0.2) is 28.1 Å². The zero-order valence-electron chi connectivity index (χ0n) is 16.2. The molecule has 0 heterocycles. The molecule has 3 rings (SSSR count). The van der Waals surface area contributed by atoms with Crippen molar-refractivity contribution in [3.8, 4) is 5.75 Å². The number of carboxylic acid groups (broad SMARTS) is 2. The van der Waals surface area contributed by atoms with Crippen molar-refractivity contribution in [1.82, 2.24) is 0 Å². The van der Waals surface area contributed by atoms with Gasteiger partial charge in [-0.3, -0.25) is 9.59 Å². The first kappa shape index (κ1) is 20.8. The zero-order chi connectivity index (χ0) is 21.7. The average Bonchev–Trinajstić information content (AvgIpc) is 2.72. The molecule has 2 N–H and O–H groups in total. The Balaban J connectivity index is 1.91. The van der Waals surface area contributed by atoms with E-state index < -0.39 is 30.2 Å². The maximum Gasteiger partial charge on any atom is 0.332 e. The smallest absolute Gasteiger partial charge is 0.332 e. The van der Waals surface area contributed by atoms with E-state index in [4.69, 9.17) is 4.74 Å². The summed E-state index contributed by atoms with van der Waals surface area (Å²) < 4.78 is 5.18. The first-order chi connectivity index (χ1) is 14.3. The van der Waals surface area contributed by atoms with Crippen LogP contribution in [0.2, 0.25) is 0 Å². The summed E-state index contributed by atoms with van der Waals surface area (Å²) in [5, 5.41) is 21.0. The van der Waals surface area contributed by atoms with Gasteiger partial charge < -0.3 is 14.9 Å². The number of ether oxygens (including phenoxy) is 1. The van der Waals surface area contributed by atoms with Crippen LogP contribution >= 0.6 is 0 Å². The molecule has 0 spiro atoms. The van der Waals surface area contributed by atoms with Gasteiger partial charge in [-0.15, -0.1) is 0 Å². The maximum absolute atomic E-state index is 12.3. The van der Waals surface area contributed by atoms with E-state index in [1.165, 1.54) is 6.08 Å². The van der Waals surface area contributed by atoms with Gasteiger partial charge in [-0.25, -0.2) is 4.79 Å². The molecule has 0 amide bonds. The van der Waals surface area contributed by atoms with Crippen LogP contribution in [0.1, 0.15) is 17.5 Å². The van der Waals surface area contributed by atoms with E-state index in [1.54, 1.807) is 36.4 Å². The van der Waals surface area contributed by atoms with Gasteiger partial charge in [-0.2, -0.15) is 0 Å². The van der Waals surface area contributed by atoms with Gasteiger partial charge in [0.1, 0.15) is 5.75 Å². The van der Waals surface area contributed by atoms with Gasteiger partial charge in [0.2, 0.25) is 0 Å². The second-order valence-electron chi connectivity index (χ2n) is 6.86. The number of aryl methyl sites for hydroxylation is 1. The van der Waals surface area contributed by atoms with Gasteiger partial charge in [-0.1, -0.05) is 60.2 Å². The number of hydrogen-bond donors (Lipinski definition) is 2. The number of hydrogen-bond acceptors (Lipinski definition) is 4. The van der Waals surface area contributed by atoms with Crippen LogP contribution in [-0.2, 0) is 14.4 Å². The molecule has 0 aliphatic rings. The lowest BCUT2D eigenvalue weighted by Crippen LogP contribution is -2.26. The number of rotatable bonds is 7. The van der Waals surface area contributed by atoms with Gasteiger partial charge in [0.25, 0.3) is 0 Å². The largest absolute Gasteiger partial charge is 0.481 e. The summed E-state index contributed by atoms with van der Waals surface area (Å²) in [4.78, 5) is 36.0. The molecule has 0 fully saturated rings. The topological polar surface area (TPSA) is 101 Å². The monoisotopic (exact) mass is 404 g/mol. The normalized spacial score (nSPS) is 12.4. The number of carboxylic acids is 2. The van der Waals surface area contributed by atoms with E-state index in [0.29, 0.717) is 5.56 Å². The fourth-order valence-corrected chi connectivity index (χ4v) is 3.13.